The Bertz CT molecular complexity index is 2220. The third-order valence-electron chi connectivity index (χ3n) is 12.7. The second-order valence-corrected chi connectivity index (χ2v) is 18.1. The summed E-state index contributed by atoms with van der Waals surface area (Å²) in [5, 5.41) is 47.8. The standard InChI is InChI=1S/C50H66N6O12/c1-6-7-8-9-10-12-37-43(68-50(67)53-37)45(61)51-38(27-31-14-20-34(57)21-15-31)46(62)55(5)42(30(2)3)48(64)54(4)41(29-33-18-24-36(59)25-19-33)47(63)56-26-11-13-40(56)44(60)52-39(49(65)66)28-32-16-22-35(58)23-17-32/h14-25,30,37-43,57-59H,6-13,26-29H2,1-5H3,(H,51,61)(H,52,60)(H,53,67)(H,65,66)/t37-,38-,39-,40-,41-,42-,43-/m0/s1. The summed E-state index contributed by atoms with van der Waals surface area (Å²) >= 11 is 0. The first-order valence-corrected chi connectivity index (χ1v) is 23.4. The van der Waals surface area contributed by atoms with E-state index in [9.17, 15) is 54.0 Å². The molecule has 18 heteroatoms. The van der Waals surface area contributed by atoms with Gasteiger partial charge in [-0.2, -0.15) is 0 Å². The number of alkyl carbamates (subject to hydrolysis) is 1. The van der Waals surface area contributed by atoms with Crippen LogP contribution in [0.3, 0.4) is 0 Å². The lowest BCUT2D eigenvalue weighted by Crippen LogP contribution is -2.61. The molecule has 68 heavy (non-hydrogen) atoms. The zero-order valence-corrected chi connectivity index (χ0v) is 39.4. The Kier molecular flexibility index (Phi) is 18.6. The van der Waals surface area contributed by atoms with Crippen LogP contribution >= 0.6 is 0 Å². The van der Waals surface area contributed by atoms with Gasteiger partial charge in [0.25, 0.3) is 5.91 Å². The van der Waals surface area contributed by atoms with E-state index >= 15 is 0 Å². The number of ether oxygens (including phenoxy) is 1. The number of nitrogens with zero attached hydrogens (tertiary/aromatic N) is 3. The van der Waals surface area contributed by atoms with Gasteiger partial charge >= 0.3 is 12.1 Å². The number of aromatic hydroxyl groups is 3. The number of hydrogen-bond acceptors (Lipinski definition) is 11. The van der Waals surface area contributed by atoms with E-state index in [-0.39, 0.29) is 49.5 Å². The lowest BCUT2D eigenvalue weighted by atomic mass is 9.96. The van der Waals surface area contributed by atoms with E-state index < -0.39 is 89.9 Å². The van der Waals surface area contributed by atoms with Crippen LogP contribution in [0.25, 0.3) is 0 Å². The molecule has 2 heterocycles. The number of unbranched alkanes of at least 4 members (excludes halogenated alkanes) is 4. The van der Waals surface area contributed by atoms with Crippen molar-refractivity contribution in [3.05, 3.63) is 89.5 Å². The first kappa shape index (κ1) is 52.1. The Labute approximate surface area is 397 Å². The molecule has 2 fully saturated rings. The van der Waals surface area contributed by atoms with Gasteiger partial charge in [0.1, 0.15) is 47.5 Å². The van der Waals surface area contributed by atoms with Gasteiger partial charge in [0.2, 0.25) is 29.7 Å². The molecule has 5 rings (SSSR count). The summed E-state index contributed by atoms with van der Waals surface area (Å²) < 4.78 is 5.41. The number of carboxylic acids is 1. The lowest BCUT2D eigenvalue weighted by molar-refractivity contribution is -0.153. The molecule has 3 aromatic rings. The molecule has 2 saturated heterocycles. The van der Waals surface area contributed by atoms with Crippen molar-refractivity contribution in [1.29, 1.82) is 0 Å². The molecule has 0 aliphatic carbocycles. The number of carboxylic acid groups (broad SMARTS) is 1. The second kappa shape index (κ2) is 24.3. The van der Waals surface area contributed by atoms with E-state index in [1.165, 1.54) is 65.2 Å². The van der Waals surface area contributed by atoms with Crippen LogP contribution < -0.4 is 16.0 Å². The minimum atomic E-state index is -1.35. The fourth-order valence-corrected chi connectivity index (χ4v) is 8.93. The zero-order valence-electron chi connectivity index (χ0n) is 39.4. The van der Waals surface area contributed by atoms with Crippen LogP contribution in [-0.4, -0.2) is 140 Å². The van der Waals surface area contributed by atoms with Crippen LogP contribution in [0.4, 0.5) is 4.79 Å². The normalized spacial score (nSPS) is 18.4. The molecule has 18 nitrogen and oxygen atoms in total. The van der Waals surface area contributed by atoms with E-state index in [1.54, 1.807) is 50.2 Å². The molecule has 0 spiro atoms. The quantitative estimate of drug-likeness (QED) is 0.0666. The number of carbonyl (C=O) groups excluding carboxylic acids is 6. The number of phenols is 3. The van der Waals surface area contributed by atoms with Crippen LogP contribution in [0.15, 0.2) is 72.8 Å². The van der Waals surface area contributed by atoms with E-state index in [4.69, 9.17) is 4.74 Å². The SMILES string of the molecule is CCCCCCC[C@@H]1NC(=O)O[C@@H]1C(=O)N[C@@H](Cc1ccc(O)cc1)C(=O)N(C)[C@H](C(=O)N(C)[C@@H](Cc1ccc(O)cc1)C(=O)N1CCC[C@H]1C(=O)N[C@@H](Cc1ccc(O)cc1)C(=O)O)C(C)C. The summed E-state index contributed by atoms with van der Waals surface area (Å²) in [4.78, 5) is 101. The highest BCUT2D eigenvalue weighted by Crippen LogP contribution is 2.26. The molecule has 7 N–H and O–H groups in total. The number of benzene rings is 3. The van der Waals surface area contributed by atoms with Crippen LogP contribution in [0.5, 0.6) is 17.2 Å². The van der Waals surface area contributed by atoms with Gasteiger partial charge in [-0.3, -0.25) is 24.0 Å². The maximum absolute atomic E-state index is 14.9. The molecule has 0 bridgehead atoms. The maximum atomic E-state index is 14.9. The van der Waals surface area contributed by atoms with E-state index in [0.29, 0.717) is 29.5 Å². The highest BCUT2D eigenvalue weighted by molar-refractivity contribution is 5.97. The van der Waals surface area contributed by atoms with Crippen molar-refractivity contribution in [3.63, 3.8) is 0 Å². The summed E-state index contributed by atoms with van der Waals surface area (Å²) in [6.07, 6.45) is 3.74. The van der Waals surface area contributed by atoms with Gasteiger partial charge in [-0.05, 0) is 78.3 Å². The van der Waals surface area contributed by atoms with E-state index in [1.807, 2.05) is 0 Å². The Morgan fingerprint density at radius 1 is 0.721 bits per heavy atom. The Morgan fingerprint density at radius 2 is 1.24 bits per heavy atom. The molecule has 0 radical (unpaired) electrons. The first-order chi connectivity index (χ1) is 32.4. The van der Waals surface area contributed by atoms with E-state index in [2.05, 4.69) is 22.9 Å². The molecule has 7 atom stereocenters. The van der Waals surface area contributed by atoms with Gasteiger partial charge in [-0.15, -0.1) is 0 Å². The van der Waals surface area contributed by atoms with Crippen molar-refractivity contribution in [2.45, 2.75) is 134 Å². The molecule has 6 amide bonds. The summed E-state index contributed by atoms with van der Waals surface area (Å²) in [7, 11) is 2.86. The van der Waals surface area contributed by atoms with Gasteiger partial charge in [-0.1, -0.05) is 89.3 Å². The second-order valence-electron chi connectivity index (χ2n) is 18.1. The largest absolute Gasteiger partial charge is 0.508 e. The number of carbonyl (C=O) groups is 7. The lowest BCUT2D eigenvalue weighted by Gasteiger charge is -2.39. The Morgan fingerprint density at radius 3 is 1.76 bits per heavy atom. The number of nitrogens with one attached hydrogen (secondary N) is 3. The van der Waals surface area contributed by atoms with Gasteiger partial charge in [-0.25, -0.2) is 9.59 Å². The van der Waals surface area contributed by atoms with Crippen molar-refractivity contribution in [2.24, 2.45) is 5.92 Å². The first-order valence-electron chi connectivity index (χ1n) is 23.4. The predicted molar refractivity (Wildman–Crippen MR) is 250 cm³/mol. The Hall–Kier alpha value is -6.85. The highest BCUT2D eigenvalue weighted by Gasteiger charge is 2.45. The highest BCUT2D eigenvalue weighted by atomic mass is 16.6. The Balaban J connectivity index is 1.40. The monoisotopic (exact) mass is 942 g/mol. The fourth-order valence-electron chi connectivity index (χ4n) is 8.93. The number of likely N-dealkylation sites (N-methyl/N-ethyl adjacent to an activating group) is 2. The summed E-state index contributed by atoms with van der Waals surface area (Å²) in [5.41, 5.74) is 1.70. The van der Waals surface area contributed by atoms with Crippen LogP contribution in [-0.2, 0) is 52.8 Å². The van der Waals surface area contributed by atoms with Gasteiger partial charge < -0.3 is 55.8 Å². The predicted octanol–water partition coefficient (Wildman–Crippen LogP) is 4.02. The summed E-state index contributed by atoms with van der Waals surface area (Å²) in [6.45, 7) is 5.71. The number of aliphatic carboxylic acids is 1. The molecule has 2 aliphatic rings. The van der Waals surface area contributed by atoms with Gasteiger partial charge in [0, 0.05) is 39.9 Å². The topological polar surface area (TPSA) is 255 Å². The van der Waals surface area contributed by atoms with Gasteiger partial charge in [0.15, 0.2) is 0 Å². The molecule has 2 aliphatic heterocycles. The number of likely N-dealkylation sites (tertiary alicyclic amines) is 1. The summed E-state index contributed by atoms with van der Waals surface area (Å²) in [5.74, 6) is -5.13. The molecule has 0 aromatic heterocycles. The minimum absolute atomic E-state index is 0.00400. The molecule has 368 valence electrons. The van der Waals surface area contributed by atoms with Crippen molar-refractivity contribution >= 4 is 41.6 Å². The smallest absolute Gasteiger partial charge is 0.408 e. The maximum Gasteiger partial charge on any atom is 0.408 e. The molecular weight excluding hydrogens is 877 g/mol. The van der Waals surface area contributed by atoms with Crippen molar-refractivity contribution in [2.75, 3.05) is 20.6 Å². The van der Waals surface area contributed by atoms with Crippen LogP contribution in [0.1, 0.15) is 88.8 Å². The molecule has 0 unspecified atom stereocenters. The summed E-state index contributed by atoms with van der Waals surface area (Å²) in [6, 6.07) is 11.3. The third-order valence-corrected chi connectivity index (χ3v) is 12.7. The molecular formula is C50H66N6O12. The number of phenolic OH excluding ortho intramolecular Hbond substituents is 3. The van der Waals surface area contributed by atoms with Crippen LogP contribution in [0.2, 0.25) is 0 Å². The number of amides is 6. The number of rotatable bonds is 23. The minimum Gasteiger partial charge on any atom is -0.508 e. The van der Waals surface area contributed by atoms with Gasteiger partial charge in [0.05, 0.1) is 6.04 Å². The average Bonchev–Trinajstić information content (AvgIpc) is 3.96. The zero-order chi connectivity index (χ0) is 49.7. The van der Waals surface area contributed by atoms with Crippen molar-refractivity contribution in [3.8, 4) is 17.2 Å². The fraction of sp³-hybridized carbons (Fsp3) is 0.500. The van der Waals surface area contributed by atoms with Crippen molar-refractivity contribution < 1.29 is 58.7 Å². The van der Waals surface area contributed by atoms with Crippen LogP contribution in [0, 0.1) is 5.92 Å². The third kappa shape index (κ3) is 13.9. The van der Waals surface area contributed by atoms with Crippen molar-refractivity contribution in [1.82, 2.24) is 30.7 Å². The number of hydrogen-bond donors (Lipinski definition) is 7. The molecule has 3 aromatic carbocycles. The molecule has 0 saturated carbocycles. The average molecular weight is 943 g/mol. The number of cyclic esters (lactones) is 1. The van der Waals surface area contributed by atoms with E-state index in [0.717, 1.165) is 32.1 Å².